The van der Waals surface area contributed by atoms with Crippen LogP contribution in [0, 0.1) is 11.6 Å². The van der Waals surface area contributed by atoms with E-state index in [-0.39, 0.29) is 23.5 Å². The van der Waals surface area contributed by atoms with Crippen molar-refractivity contribution >= 4 is 5.91 Å². The molecule has 1 atom stereocenters. The Balaban J connectivity index is 1.35. The lowest BCUT2D eigenvalue weighted by Crippen LogP contribution is -2.40. The Labute approximate surface area is 182 Å². The number of imidazole rings is 1. The van der Waals surface area contributed by atoms with Crippen molar-refractivity contribution in [2.75, 3.05) is 13.1 Å². The molecule has 1 fully saturated rings. The molecule has 0 saturated carbocycles. The maximum atomic E-state index is 13.5. The molecular formula is C23H19F2N5O2. The lowest BCUT2D eigenvalue weighted by Gasteiger charge is -2.31. The number of benzene rings is 2. The van der Waals surface area contributed by atoms with Gasteiger partial charge < -0.3 is 9.42 Å². The minimum Gasteiger partial charge on any atom is -0.339 e. The topological polar surface area (TPSA) is 77.1 Å². The molecule has 1 unspecified atom stereocenters. The second kappa shape index (κ2) is 8.33. The number of halogens is 2. The Morgan fingerprint density at radius 1 is 1.09 bits per heavy atom. The second-order valence-corrected chi connectivity index (χ2v) is 7.68. The van der Waals surface area contributed by atoms with E-state index in [1.807, 2.05) is 0 Å². The first-order valence-corrected chi connectivity index (χ1v) is 10.3. The summed E-state index contributed by atoms with van der Waals surface area (Å²) in [5, 5.41) is 3.98. The average molecular weight is 435 g/mol. The van der Waals surface area contributed by atoms with Gasteiger partial charge in [0.1, 0.15) is 17.3 Å². The number of hydrogen-bond acceptors (Lipinski definition) is 5. The minimum atomic E-state index is -0.374. The van der Waals surface area contributed by atoms with Gasteiger partial charge in [0.15, 0.2) is 0 Å². The third kappa shape index (κ3) is 3.89. The maximum Gasteiger partial charge on any atom is 0.272 e. The predicted octanol–water partition coefficient (Wildman–Crippen LogP) is 4.22. The van der Waals surface area contributed by atoms with Crippen LogP contribution in [0.15, 0.2) is 65.6 Å². The summed E-state index contributed by atoms with van der Waals surface area (Å²) in [6, 6.07) is 11.9. The van der Waals surface area contributed by atoms with Crippen molar-refractivity contribution in [3.63, 3.8) is 0 Å². The van der Waals surface area contributed by atoms with Crippen LogP contribution in [-0.2, 0) is 0 Å². The van der Waals surface area contributed by atoms with Crippen LogP contribution in [0.25, 0.3) is 17.1 Å². The van der Waals surface area contributed by atoms with Gasteiger partial charge in [0, 0.05) is 24.3 Å². The number of nitrogens with zero attached hydrogens (tertiary/aromatic N) is 5. The van der Waals surface area contributed by atoms with Gasteiger partial charge >= 0.3 is 0 Å². The van der Waals surface area contributed by atoms with E-state index in [1.165, 1.54) is 36.8 Å². The Kier molecular flexibility index (Phi) is 5.22. The van der Waals surface area contributed by atoms with Gasteiger partial charge in [0.2, 0.25) is 11.7 Å². The van der Waals surface area contributed by atoms with Crippen molar-refractivity contribution in [3.05, 3.63) is 84.3 Å². The smallest absolute Gasteiger partial charge is 0.272 e. The molecule has 1 amide bonds. The first-order valence-electron chi connectivity index (χ1n) is 10.3. The molecule has 5 rings (SSSR count). The summed E-state index contributed by atoms with van der Waals surface area (Å²) >= 11 is 0. The summed E-state index contributed by atoms with van der Waals surface area (Å²) in [6.07, 6.45) is 4.61. The minimum absolute atomic E-state index is 0.121. The van der Waals surface area contributed by atoms with Crippen molar-refractivity contribution in [3.8, 4) is 17.1 Å². The van der Waals surface area contributed by atoms with Crippen LogP contribution in [0.4, 0.5) is 8.78 Å². The van der Waals surface area contributed by atoms with Crippen LogP contribution >= 0.6 is 0 Å². The number of amides is 1. The Hall–Kier alpha value is -3.88. The normalized spacial score (nSPS) is 16.3. The van der Waals surface area contributed by atoms with Gasteiger partial charge in [0.25, 0.3) is 5.91 Å². The summed E-state index contributed by atoms with van der Waals surface area (Å²) in [7, 11) is 0. The fraction of sp³-hybridized carbons (Fsp3) is 0.217. The molecule has 0 bridgehead atoms. The predicted molar refractivity (Wildman–Crippen MR) is 111 cm³/mol. The number of rotatable bonds is 4. The zero-order valence-corrected chi connectivity index (χ0v) is 17.0. The first kappa shape index (κ1) is 20.0. The fourth-order valence-electron chi connectivity index (χ4n) is 3.93. The van der Waals surface area contributed by atoms with Gasteiger partial charge in [-0.15, -0.1) is 0 Å². The third-order valence-corrected chi connectivity index (χ3v) is 5.54. The molecule has 4 aromatic rings. The van der Waals surface area contributed by atoms with E-state index in [0.717, 1.165) is 12.8 Å². The molecule has 1 aliphatic heterocycles. The summed E-state index contributed by atoms with van der Waals surface area (Å²) in [4.78, 5) is 23.5. The number of aromatic nitrogens is 4. The molecule has 0 spiro atoms. The molecule has 32 heavy (non-hydrogen) atoms. The monoisotopic (exact) mass is 435 g/mol. The molecule has 0 radical (unpaired) electrons. The quantitative estimate of drug-likeness (QED) is 0.480. The molecule has 0 N–H and O–H groups in total. The number of carbonyl (C=O) groups is 1. The Bertz CT molecular complexity index is 1250. The van der Waals surface area contributed by atoms with Crippen molar-refractivity contribution in [1.29, 1.82) is 0 Å². The Morgan fingerprint density at radius 2 is 1.94 bits per heavy atom. The van der Waals surface area contributed by atoms with Crippen LogP contribution in [0.3, 0.4) is 0 Å². The number of piperidine rings is 1. The van der Waals surface area contributed by atoms with Crippen LogP contribution in [0.5, 0.6) is 0 Å². The lowest BCUT2D eigenvalue weighted by atomic mass is 9.97. The largest absolute Gasteiger partial charge is 0.339 e. The van der Waals surface area contributed by atoms with Crippen molar-refractivity contribution in [2.45, 2.75) is 18.8 Å². The highest BCUT2D eigenvalue weighted by Crippen LogP contribution is 2.29. The van der Waals surface area contributed by atoms with Crippen LogP contribution in [-0.4, -0.2) is 43.6 Å². The number of likely N-dealkylation sites (tertiary alicyclic amines) is 1. The SMILES string of the molecule is O=C(c1cncn1-c1ccc(F)cc1)N1CCCC(c2nc(-c3cccc(F)c3)no2)C1. The van der Waals surface area contributed by atoms with Crippen molar-refractivity contribution in [2.24, 2.45) is 0 Å². The van der Waals surface area contributed by atoms with Gasteiger partial charge in [-0.3, -0.25) is 9.36 Å². The summed E-state index contributed by atoms with van der Waals surface area (Å²) in [6.45, 7) is 1.01. The van der Waals surface area contributed by atoms with E-state index in [4.69, 9.17) is 4.52 Å². The zero-order valence-electron chi connectivity index (χ0n) is 17.0. The van der Waals surface area contributed by atoms with Crippen LogP contribution in [0.2, 0.25) is 0 Å². The zero-order chi connectivity index (χ0) is 22.1. The summed E-state index contributed by atoms with van der Waals surface area (Å²) in [5.74, 6) is -0.281. The van der Waals surface area contributed by atoms with E-state index in [1.54, 1.807) is 33.7 Å². The van der Waals surface area contributed by atoms with Crippen molar-refractivity contribution in [1.82, 2.24) is 24.6 Å². The molecule has 2 aromatic carbocycles. The molecule has 9 heteroatoms. The molecule has 1 saturated heterocycles. The highest BCUT2D eigenvalue weighted by molar-refractivity contribution is 5.93. The van der Waals surface area contributed by atoms with E-state index in [9.17, 15) is 13.6 Å². The van der Waals surface area contributed by atoms with Crippen LogP contribution in [0.1, 0.15) is 35.1 Å². The fourth-order valence-corrected chi connectivity index (χ4v) is 3.93. The van der Waals surface area contributed by atoms with Gasteiger partial charge in [-0.05, 0) is 49.2 Å². The molecule has 7 nitrogen and oxygen atoms in total. The van der Waals surface area contributed by atoms with E-state index >= 15 is 0 Å². The Morgan fingerprint density at radius 3 is 2.75 bits per heavy atom. The summed E-state index contributed by atoms with van der Waals surface area (Å²) in [5.41, 5.74) is 1.58. The molecule has 162 valence electrons. The molecule has 3 heterocycles. The highest BCUT2D eigenvalue weighted by atomic mass is 19.1. The van der Waals surface area contributed by atoms with Crippen molar-refractivity contribution < 1.29 is 18.1 Å². The highest BCUT2D eigenvalue weighted by Gasteiger charge is 2.30. The third-order valence-electron chi connectivity index (χ3n) is 5.54. The number of carbonyl (C=O) groups excluding carboxylic acids is 1. The lowest BCUT2D eigenvalue weighted by molar-refractivity contribution is 0.0687. The van der Waals surface area contributed by atoms with Gasteiger partial charge in [-0.1, -0.05) is 17.3 Å². The second-order valence-electron chi connectivity index (χ2n) is 7.68. The number of hydrogen-bond donors (Lipinski definition) is 0. The van der Waals surface area contributed by atoms with E-state index in [0.29, 0.717) is 41.7 Å². The standard InChI is InChI=1S/C23H19F2N5O2/c24-17-6-8-19(9-7-17)30-14-26-12-20(30)23(31)29-10-2-4-16(13-29)22-27-21(28-32-22)15-3-1-5-18(25)11-15/h1,3,5-9,11-12,14,16H,2,4,10,13H2. The summed E-state index contributed by atoms with van der Waals surface area (Å²) < 4.78 is 33.9. The van der Waals surface area contributed by atoms with Gasteiger partial charge in [-0.25, -0.2) is 13.8 Å². The van der Waals surface area contributed by atoms with Crippen LogP contribution < -0.4 is 0 Å². The molecular weight excluding hydrogens is 416 g/mol. The van der Waals surface area contributed by atoms with E-state index in [2.05, 4.69) is 15.1 Å². The molecule has 1 aliphatic rings. The molecule has 2 aromatic heterocycles. The van der Waals surface area contributed by atoms with Gasteiger partial charge in [-0.2, -0.15) is 4.98 Å². The van der Waals surface area contributed by atoms with E-state index < -0.39 is 0 Å². The maximum absolute atomic E-state index is 13.5. The molecule has 0 aliphatic carbocycles. The van der Waals surface area contributed by atoms with Gasteiger partial charge in [0.05, 0.1) is 18.4 Å². The first-order chi connectivity index (χ1) is 15.6. The average Bonchev–Trinajstić information content (AvgIpc) is 3.50.